The van der Waals surface area contributed by atoms with E-state index in [-0.39, 0.29) is 12.1 Å². The van der Waals surface area contributed by atoms with E-state index in [2.05, 4.69) is 5.14 Å². The number of carbonyl (C=O) groups is 1. The van der Waals surface area contributed by atoms with Crippen molar-refractivity contribution in [1.82, 2.24) is 5.32 Å². The lowest BCUT2D eigenvalue weighted by Crippen LogP contribution is -2.34. The molecule has 0 aliphatic carbocycles. The van der Waals surface area contributed by atoms with Crippen molar-refractivity contribution in [3.8, 4) is 0 Å². The summed E-state index contributed by atoms with van der Waals surface area (Å²) in [6.07, 6.45) is -4.76. The van der Waals surface area contributed by atoms with Gasteiger partial charge < -0.3 is 5.32 Å². The molecule has 0 aliphatic rings. The summed E-state index contributed by atoms with van der Waals surface area (Å²) >= 11 is 0. The van der Waals surface area contributed by atoms with Crippen LogP contribution in [0.2, 0.25) is 0 Å². The molecule has 5 nitrogen and oxygen atoms in total. The van der Waals surface area contributed by atoms with Crippen LogP contribution >= 0.6 is 0 Å². The minimum absolute atomic E-state index is 0.213. The molecule has 0 unspecified atom stereocenters. The normalized spacial score (nSPS) is 12.3. The van der Waals surface area contributed by atoms with Crippen molar-refractivity contribution in [3.05, 3.63) is 29.3 Å². The number of benzene rings is 1. The van der Waals surface area contributed by atoms with Crippen LogP contribution in [0.3, 0.4) is 0 Å². The van der Waals surface area contributed by atoms with Gasteiger partial charge in [0.1, 0.15) is 17.3 Å². The van der Waals surface area contributed by atoms with Gasteiger partial charge in [0.05, 0.1) is 5.56 Å². The minimum atomic E-state index is -4.76. The molecule has 0 bridgehead atoms. The summed E-state index contributed by atoms with van der Waals surface area (Å²) in [5.74, 6) is -4.69. The van der Waals surface area contributed by atoms with E-state index in [1.165, 1.54) is 5.32 Å². The number of nitrogens with one attached hydrogen (secondary N) is 1. The van der Waals surface area contributed by atoms with Crippen molar-refractivity contribution in [2.24, 2.45) is 5.14 Å². The van der Waals surface area contributed by atoms with Crippen LogP contribution in [-0.2, 0) is 10.0 Å². The van der Waals surface area contributed by atoms with Crippen molar-refractivity contribution in [2.45, 2.75) is 11.1 Å². The second-order valence-corrected chi connectivity index (χ2v) is 5.14. The van der Waals surface area contributed by atoms with E-state index in [0.717, 1.165) is 0 Å². The molecule has 1 amide bonds. The molecule has 0 saturated carbocycles. The predicted octanol–water partition coefficient (Wildman–Crippen LogP) is 0.904. The Labute approximate surface area is 109 Å². The molecular formula is C9H7F5N2O3S. The summed E-state index contributed by atoms with van der Waals surface area (Å²) in [7, 11) is -4.67. The van der Waals surface area contributed by atoms with Crippen LogP contribution in [0.15, 0.2) is 17.0 Å². The van der Waals surface area contributed by atoms with Crippen molar-refractivity contribution in [2.75, 3.05) is 6.54 Å². The lowest BCUT2D eigenvalue weighted by Gasteiger charge is -2.10. The monoisotopic (exact) mass is 318 g/mol. The highest BCUT2D eigenvalue weighted by molar-refractivity contribution is 7.89. The molecule has 1 rings (SSSR count). The Bertz CT molecular complexity index is 642. The summed E-state index contributed by atoms with van der Waals surface area (Å²) in [6, 6.07) is 0.473. The summed E-state index contributed by atoms with van der Waals surface area (Å²) < 4.78 is 84.3. The average molecular weight is 318 g/mol. The van der Waals surface area contributed by atoms with Crippen molar-refractivity contribution in [1.29, 1.82) is 0 Å². The zero-order valence-corrected chi connectivity index (χ0v) is 10.3. The van der Waals surface area contributed by atoms with Crippen LogP contribution in [0.5, 0.6) is 0 Å². The smallest absolute Gasteiger partial charge is 0.343 e. The van der Waals surface area contributed by atoms with Crippen LogP contribution in [0.25, 0.3) is 0 Å². The van der Waals surface area contributed by atoms with Crippen molar-refractivity contribution < 1.29 is 35.2 Å². The van der Waals surface area contributed by atoms with Crippen molar-refractivity contribution >= 4 is 15.9 Å². The van der Waals surface area contributed by atoms with Gasteiger partial charge in [0, 0.05) is 0 Å². The number of carbonyl (C=O) groups excluding carboxylic acids is 1. The topological polar surface area (TPSA) is 89.3 Å². The molecule has 0 saturated heterocycles. The van der Waals surface area contributed by atoms with Crippen molar-refractivity contribution in [3.63, 3.8) is 0 Å². The first-order valence-corrected chi connectivity index (χ1v) is 6.33. The average Bonchev–Trinajstić information content (AvgIpc) is 2.26. The molecule has 0 heterocycles. The molecule has 1 aromatic carbocycles. The number of rotatable bonds is 3. The number of alkyl halides is 3. The number of hydrogen-bond donors (Lipinski definition) is 2. The Morgan fingerprint density at radius 3 is 2.25 bits per heavy atom. The van der Waals surface area contributed by atoms with Gasteiger partial charge in [-0.05, 0) is 12.1 Å². The van der Waals surface area contributed by atoms with Gasteiger partial charge >= 0.3 is 6.18 Å². The Hall–Kier alpha value is -1.75. The summed E-state index contributed by atoms with van der Waals surface area (Å²) in [6.45, 7) is -1.79. The van der Waals surface area contributed by atoms with Gasteiger partial charge in [0.15, 0.2) is 5.82 Å². The van der Waals surface area contributed by atoms with Crippen LogP contribution in [0, 0.1) is 11.6 Å². The third kappa shape index (κ3) is 4.13. The third-order valence-corrected chi connectivity index (χ3v) is 2.91. The SMILES string of the molecule is NS(=O)(=O)c1cc(F)cc(C(=O)NCC(F)(F)F)c1F. The highest BCUT2D eigenvalue weighted by Crippen LogP contribution is 2.20. The van der Waals surface area contributed by atoms with E-state index >= 15 is 0 Å². The van der Waals surface area contributed by atoms with Crippen LogP contribution in [-0.4, -0.2) is 27.0 Å². The van der Waals surface area contributed by atoms with Gasteiger partial charge in [0.25, 0.3) is 5.91 Å². The van der Waals surface area contributed by atoms with E-state index in [1.54, 1.807) is 0 Å². The largest absolute Gasteiger partial charge is 0.405 e. The molecule has 0 aliphatic heterocycles. The third-order valence-electron chi connectivity index (χ3n) is 2.00. The van der Waals surface area contributed by atoms with Gasteiger partial charge in [-0.2, -0.15) is 13.2 Å². The number of amides is 1. The first-order chi connectivity index (χ1) is 8.92. The molecule has 0 radical (unpaired) electrons. The van der Waals surface area contributed by atoms with E-state index in [9.17, 15) is 35.2 Å². The van der Waals surface area contributed by atoms with Crippen LogP contribution < -0.4 is 10.5 Å². The molecule has 11 heteroatoms. The Balaban J connectivity index is 3.20. The van der Waals surface area contributed by atoms with E-state index in [0.29, 0.717) is 0 Å². The molecule has 0 fully saturated rings. The Kier molecular flexibility index (Phi) is 4.34. The zero-order valence-electron chi connectivity index (χ0n) is 9.46. The number of sulfonamides is 1. The van der Waals surface area contributed by atoms with E-state index in [4.69, 9.17) is 0 Å². The molecule has 0 atom stereocenters. The Morgan fingerprint density at radius 2 is 1.80 bits per heavy atom. The zero-order chi connectivity index (χ0) is 15.7. The summed E-state index contributed by atoms with van der Waals surface area (Å²) in [5, 5.41) is 5.87. The fourth-order valence-corrected chi connectivity index (χ4v) is 1.85. The highest BCUT2D eigenvalue weighted by Gasteiger charge is 2.29. The molecular weight excluding hydrogens is 311 g/mol. The minimum Gasteiger partial charge on any atom is -0.343 e. The number of nitrogens with two attached hydrogens (primary N) is 1. The predicted molar refractivity (Wildman–Crippen MR) is 56.1 cm³/mol. The molecule has 3 N–H and O–H groups in total. The number of halogens is 5. The highest BCUT2D eigenvalue weighted by atomic mass is 32.2. The second-order valence-electron chi connectivity index (χ2n) is 3.61. The standard InChI is InChI=1S/C9H7F5N2O3S/c10-4-1-5(8(17)16-3-9(12,13)14)7(11)6(2-4)20(15,18)19/h1-2H,3H2,(H,16,17)(H2,15,18,19). The number of hydrogen-bond acceptors (Lipinski definition) is 3. The first-order valence-electron chi connectivity index (χ1n) is 4.78. The van der Waals surface area contributed by atoms with Gasteiger partial charge in [0.2, 0.25) is 10.0 Å². The van der Waals surface area contributed by atoms with Gasteiger partial charge in [-0.15, -0.1) is 0 Å². The molecule has 0 aromatic heterocycles. The fourth-order valence-electron chi connectivity index (χ4n) is 1.21. The molecule has 1 aromatic rings. The fraction of sp³-hybridized carbons (Fsp3) is 0.222. The maximum atomic E-state index is 13.7. The Morgan fingerprint density at radius 1 is 1.25 bits per heavy atom. The quantitative estimate of drug-likeness (QED) is 0.812. The van der Waals surface area contributed by atoms with Gasteiger partial charge in [-0.25, -0.2) is 22.3 Å². The van der Waals surface area contributed by atoms with Crippen LogP contribution in [0.4, 0.5) is 22.0 Å². The van der Waals surface area contributed by atoms with E-state index < -0.39 is 50.7 Å². The lowest BCUT2D eigenvalue weighted by atomic mass is 10.2. The summed E-state index contributed by atoms with van der Waals surface area (Å²) in [4.78, 5) is 9.97. The van der Waals surface area contributed by atoms with E-state index in [1.807, 2.05) is 0 Å². The lowest BCUT2D eigenvalue weighted by molar-refractivity contribution is -0.123. The summed E-state index contributed by atoms with van der Waals surface area (Å²) in [5.41, 5.74) is -1.20. The maximum Gasteiger partial charge on any atom is 0.405 e. The van der Waals surface area contributed by atoms with Gasteiger partial charge in [-0.3, -0.25) is 4.79 Å². The first kappa shape index (κ1) is 16.3. The molecule has 112 valence electrons. The second kappa shape index (κ2) is 5.32. The molecule has 0 spiro atoms. The maximum absolute atomic E-state index is 13.7. The number of primary sulfonamides is 1. The van der Waals surface area contributed by atoms with Crippen LogP contribution in [0.1, 0.15) is 10.4 Å². The molecule has 20 heavy (non-hydrogen) atoms. The van der Waals surface area contributed by atoms with Gasteiger partial charge in [-0.1, -0.05) is 0 Å².